The van der Waals surface area contributed by atoms with Gasteiger partial charge in [-0.2, -0.15) is 0 Å². The first-order valence-electron chi connectivity index (χ1n) is 21.6. The van der Waals surface area contributed by atoms with Gasteiger partial charge in [0.05, 0.1) is 10.3 Å². The normalized spacial score (nSPS) is 15.0. The first kappa shape index (κ1) is 35.6. The van der Waals surface area contributed by atoms with Crippen molar-refractivity contribution >= 4 is 27.7 Å². The van der Waals surface area contributed by atoms with Crippen molar-refractivity contribution in [1.82, 2.24) is 0 Å². The first-order valence-corrected chi connectivity index (χ1v) is 22.4. The van der Waals surface area contributed by atoms with Gasteiger partial charge in [0.2, 0.25) is 0 Å². The Hall–Kier alpha value is -7.14. The van der Waals surface area contributed by atoms with E-state index in [1.54, 1.807) is 11.3 Å². The molecule has 2 heterocycles. The van der Waals surface area contributed by atoms with Crippen molar-refractivity contribution in [3.8, 4) is 66.4 Å². The van der Waals surface area contributed by atoms with E-state index in [1.165, 1.54) is 77.9 Å². The Balaban J connectivity index is 1.04. The fraction of sp³-hybridized carbons (Fsp3) is 0.103. The smallest absolute Gasteiger partial charge is 0.197 e. The maximum atomic E-state index is 6.73. The van der Waals surface area contributed by atoms with Crippen LogP contribution in [0.5, 0.6) is 11.5 Å². The summed E-state index contributed by atoms with van der Waals surface area (Å²) < 4.78 is 13.4. The average Bonchev–Trinajstić information content (AvgIpc) is 4.02. The maximum absolute atomic E-state index is 6.73. The van der Waals surface area contributed by atoms with Crippen LogP contribution in [0.4, 0.5) is 16.4 Å². The van der Waals surface area contributed by atoms with E-state index in [0.717, 1.165) is 38.3 Å². The molecule has 3 aliphatic carbocycles. The molecule has 4 aliphatic rings. The zero-order valence-electron chi connectivity index (χ0n) is 34.5. The molecular formula is C58H41NO2S. The summed E-state index contributed by atoms with van der Waals surface area (Å²) in [5.41, 5.74) is 20.8. The number of ether oxygens (including phenoxy) is 2. The highest BCUT2D eigenvalue weighted by Crippen LogP contribution is 2.64. The minimum absolute atomic E-state index is 0.124. The second kappa shape index (κ2) is 13.2. The summed E-state index contributed by atoms with van der Waals surface area (Å²) >= 11 is 1.75. The van der Waals surface area contributed by atoms with Crippen LogP contribution in [0.3, 0.4) is 0 Å². The summed E-state index contributed by atoms with van der Waals surface area (Å²) in [6.07, 6.45) is 0. The van der Waals surface area contributed by atoms with Crippen LogP contribution in [0.2, 0.25) is 0 Å². The molecule has 0 amide bonds. The minimum atomic E-state index is -0.466. The van der Waals surface area contributed by atoms with E-state index < -0.39 is 5.41 Å². The van der Waals surface area contributed by atoms with Gasteiger partial charge in [-0.1, -0.05) is 172 Å². The Morgan fingerprint density at radius 3 is 1.52 bits per heavy atom. The summed E-state index contributed by atoms with van der Waals surface area (Å²) in [4.78, 5) is 3.49. The Labute approximate surface area is 366 Å². The molecular weight excluding hydrogens is 775 g/mol. The van der Waals surface area contributed by atoms with Gasteiger partial charge in [0.25, 0.3) is 0 Å². The van der Waals surface area contributed by atoms with Crippen LogP contribution in [-0.4, -0.2) is 13.2 Å². The molecule has 62 heavy (non-hydrogen) atoms. The molecule has 0 atom stereocenters. The number of hydrogen-bond donors (Lipinski definition) is 0. The minimum Gasteiger partial charge on any atom is -0.485 e. The molecule has 4 heteroatoms. The van der Waals surface area contributed by atoms with Crippen molar-refractivity contribution in [1.29, 1.82) is 0 Å². The molecule has 8 aromatic carbocycles. The average molecular weight is 816 g/mol. The number of anilines is 3. The van der Waals surface area contributed by atoms with Crippen LogP contribution >= 0.6 is 11.3 Å². The number of nitrogens with zero attached hydrogens (tertiary/aromatic N) is 1. The second-order valence-electron chi connectivity index (χ2n) is 17.4. The van der Waals surface area contributed by atoms with E-state index >= 15 is 0 Å². The Morgan fingerprint density at radius 1 is 0.403 bits per heavy atom. The highest BCUT2D eigenvalue weighted by molar-refractivity contribution is 7.20. The quantitative estimate of drug-likeness (QED) is 0.173. The summed E-state index contributed by atoms with van der Waals surface area (Å²) in [5, 5.41) is 1.00. The third-order valence-corrected chi connectivity index (χ3v) is 15.1. The summed E-state index contributed by atoms with van der Waals surface area (Å²) in [7, 11) is 0. The van der Waals surface area contributed by atoms with Gasteiger partial charge in [-0.15, -0.1) is 11.3 Å². The van der Waals surface area contributed by atoms with E-state index in [2.05, 4.69) is 207 Å². The summed E-state index contributed by atoms with van der Waals surface area (Å²) in [5.74, 6) is 1.61. The predicted molar refractivity (Wildman–Crippen MR) is 255 cm³/mol. The lowest BCUT2D eigenvalue weighted by Crippen LogP contribution is -2.26. The van der Waals surface area contributed by atoms with E-state index in [9.17, 15) is 0 Å². The number of hydrogen-bond acceptors (Lipinski definition) is 4. The van der Waals surface area contributed by atoms with Crippen molar-refractivity contribution < 1.29 is 9.47 Å². The lowest BCUT2D eigenvalue weighted by molar-refractivity contribution is 0.175. The predicted octanol–water partition coefficient (Wildman–Crippen LogP) is 15.0. The van der Waals surface area contributed by atoms with Gasteiger partial charge in [-0.25, -0.2) is 0 Å². The SMILES string of the molecule is CC1(C)c2ccccc2-c2ccc(-c3sc(N(c4ccc(-c5ccccc5)cc4)c4ccc5c(c4)C4(c6ccccc6-c6ccccc64)c4ccccc4-5)c4c3OCCO4)cc21. The van der Waals surface area contributed by atoms with E-state index in [-0.39, 0.29) is 5.41 Å². The van der Waals surface area contributed by atoms with Gasteiger partial charge >= 0.3 is 0 Å². The zero-order chi connectivity index (χ0) is 41.2. The summed E-state index contributed by atoms with van der Waals surface area (Å²) in [6, 6.07) is 69.6. The van der Waals surface area contributed by atoms with Crippen molar-refractivity contribution in [2.24, 2.45) is 0 Å². The molecule has 0 saturated heterocycles. The molecule has 0 bridgehead atoms. The molecule has 1 spiro atoms. The van der Waals surface area contributed by atoms with Crippen LogP contribution in [0.25, 0.3) is 54.9 Å². The molecule has 0 saturated carbocycles. The molecule has 296 valence electrons. The zero-order valence-corrected chi connectivity index (χ0v) is 35.3. The van der Waals surface area contributed by atoms with Crippen LogP contribution < -0.4 is 14.4 Å². The number of fused-ring (bicyclic) bond motifs is 14. The molecule has 13 rings (SSSR count). The molecule has 9 aromatic rings. The third kappa shape index (κ3) is 4.81. The van der Waals surface area contributed by atoms with Gasteiger partial charge in [-0.3, -0.25) is 4.90 Å². The van der Waals surface area contributed by atoms with Crippen molar-refractivity contribution in [3.05, 3.63) is 221 Å². The standard InChI is InChI=1S/C58H41NO2S/c1-57(2)47-20-10-6-16-41(47)45-30-26-38(34-51(45)57)55-53-54(61-33-32-60-53)56(62-55)59(39-27-24-37(25-28-39)36-14-4-3-5-15-36)40-29-31-46-44-19-9-13-23-50(44)58(52(46)35-40)48-21-11-7-17-42(48)43-18-8-12-22-49(43)58/h3-31,34-35H,32-33H2,1-2H3. The molecule has 1 aliphatic heterocycles. The second-order valence-corrected chi connectivity index (χ2v) is 18.4. The van der Waals surface area contributed by atoms with Crippen LogP contribution in [0, 0.1) is 0 Å². The first-order chi connectivity index (χ1) is 30.5. The van der Waals surface area contributed by atoms with Crippen molar-refractivity contribution in [3.63, 3.8) is 0 Å². The van der Waals surface area contributed by atoms with Crippen molar-refractivity contribution in [2.75, 3.05) is 18.1 Å². The molecule has 1 aromatic heterocycles. The third-order valence-electron chi connectivity index (χ3n) is 13.9. The highest BCUT2D eigenvalue weighted by Gasteiger charge is 2.51. The van der Waals surface area contributed by atoms with E-state index in [4.69, 9.17) is 9.47 Å². The van der Waals surface area contributed by atoms with Gasteiger partial charge in [-0.05, 0) is 114 Å². The molecule has 0 N–H and O–H groups in total. The van der Waals surface area contributed by atoms with Crippen LogP contribution in [0.15, 0.2) is 188 Å². The highest BCUT2D eigenvalue weighted by atomic mass is 32.1. The largest absolute Gasteiger partial charge is 0.485 e. The summed E-state index contributed by atoms with van der Waals surface area (Å²) in [6.45, 7) is 5.68. The molecule has 0 unspecified atom stereocenters. The fourth-order valence-electron chi connectivity index (χ4n) is 11.2. The van der Waals surface area contributed by atoms with Crippen LogP contribution in [0.1, 0.15) is 47.2 Å². The number of thiophene rings is 1. The lowest BCUT2D eigenvalue weighted by atomic mass is 9.70. The molecule has 0 radical (unpaired) electrons. The molecule has 0 fully saturated rings. The van der Waals surface area contributed by atoms with Gasteiger partial charge in [0, 0.05) is 16.8 Å². The Bertz CT molecular complexity index is 3220. The van der Waals surface area contributed by atoms with Crippen LogP contribution in [-0.2, 0) is 10.8 Å². The fourth-order valence-corrected chi connectivity index (χ4v) is 12.4. The Morgan fingerprint density at radius 2 is 0.871 bits per heavy atom. The van der Waals surface area contributed by atoms with E-state index in [0.29, 0.717) is 13.2 Å². The van der Waals surface area contributed by atoms with E-state index in [1.807, 2.05) is 0 Å². The molecule has 3 nitrogen and oxygen atoms in total. The Kier molecular flexibility index (Phi) is 7.57. The monoisotopic (exact) mass is 815 g/mol. The number of benzene rings is 8. The topological polar surface area (TPSA) is 21.7 Å². The number of rotatable bonds is 5. The van der Waals surface area contributed by atoms with Gasteiger partial charge in [0.15, 0.2) is 11.5 Å². The van der Waals surface area contributed by atoms with Gasteiger partial charge < -0.3 is 9.47 Å². The van der Waals surface area contributed by atoms with Crippen molar-refractivity contribution in [2.45, 2.75) is 24.7 Å². The maximum Gasteiger partial charge on any atom is 0.197 e. The van der Waals surface area contributed by atoms with Gasteiger partial charge in [0.1, 0.15) is 18.2 Å². The lowest BCUT2D eigenvalue weighted by Gasteiger charge is -2.32.